The van der Waals surface area contributed by atoms with E-state index < -0.39 is 17.3 Å². The van der Waals surface area contributed by atoms with Crippen molar-refractivity contribution >= 4 is 28.3 Å². The number of halogens is 3. The summed E-state index contributed by atoms with van der Waals surface area (Å²) in [5, 5.41) is 12.8. The van der Waals surface area contributed by atoms with Crippen LogP contribution in [0.1, 0.15) is 49.7 Å². The van der Waals surface area contributed by atoms with Gasteiger partial charge in [0.2, 0.25) is 5.82 Å². The molecule has 1 fully saturated rings. The van der Waals surface area contributed by atoms with Crippen LogP contribution in [0.2, 0.25) is 0 Å². The fourth-order valence-electron chi connectivity index (χ4n) is 4.54. The monoisotopic (exact) mass is 512 g/mol. The van der Waals surface area contributed by atoms with Crippen LogP contribution in [-0.4, -0.2) is 35.2 Å². The van der Waals surface area contributed by atoms with Crippen LogP contribution in [0, 0.1) is 17.8 Å². The summed E-state index contributed by atoms with van der Waals surface area (Å²) in [5.41, 5.74) is 5.71. The van der Waals surface area contributed by atoms with Gasteiger partial charge in [0, 0.05) is 10.9 Å². The number of hydrogen-bond donors (Lipinski definition) is 2. The van der Waals surface area contributed by atoms with Crippen LogP contribution in [0.3, 0.4) is 0 Å². The van der Waals surface area contributed by atoms with Gasteiger partial charge >= 0.3 is 6.18 Å². The minimum absolute atomic E-state index is 0.0378. The number of hydrogen-bond acceptors (Lipinski definition) is 7. The van der Waals surface area contributed by atoms with E-state index in [0.717, 1.165) is 30.2 Å². The summed E-state index contributed by atoms with van der Waals surface area (Å²) in [6.45, 7) is 2.32. The molecule has 3 aromatic heterocycles. The average molecular weight is 513 g/mol. The maximum Gasteiger partial charge on any atom is 0.417 e. The highest BCUT2D eigenvalue weighted by atomic mass is 32.1. The molecule has 1 aliphatic rings. The van der Waals surface area contributed by atoms with E-state index in [2.05, 4.69) is 38.7 Å². The molecular formula is C25H23F3N6OS. The predicted octanol–water partition coefficient (Wildman–Crippen LogP) is 4.89. The summed E-state index contributed by atoms with van der Waals surface area (Å²) in [6.07, 6.45) is 0.232. The third kappa shape index (κ3) is 4.92. The molecule has 2 atom stereocenters. The number of thiazole rings is 1. The molecule has 0 saturated heterocycles. The number of alkyl halides is 3. The maximum atomic E-state index is 13.4. The molecule has 0 unspecified atom stereocenters. The van der Waals surface area contributed by atoms with E-state index in [4.69, 9.17) is 5.73 Å². The molecule has 0 radical (unpaired) electrons. The number of aliphatic hydroxyl groups is 1. The highest BCUT2D eigenvalue weighted by molar-refractivity contribution is 7.13. The molecule has 0 aliphatic heterocycles. The first kappa shape index (κ1) is 24.2. The van der Waals surface area contributed by atoms with Crippen molar-refractivity contribution in [1.82, 2.24) is 24.5 Å². The molecule has 5 rings (SSSR count). The Morgan fingerprint density at radius 2 is 2.06 bits per heavy atom. The summed E-state index contributed by atoms with van der Waals surface area (Å²) in [4.78, 5) is 17.4. The number of rotatable bonds is 3. The van der Waals surface area contributed by atoms with E-state index in [9.17, 15) is 18.3 Å². The Morgan fingerprint density at radius 1 is 1.25 bits per heavy atom. The summed E-state index contributed by atoms with van der Waals surface area (Å²) < 4.78 is 42.0. The Hall–Kier alpha value is -3.49. The Balaban J connectivity index is 1.44. The van der Waals surface area contributed by atoms with Gasteiger partial charge in [0.1, 0.15) is 16.1 Å². The van der Waals surface area contributed by atoms with Crippen LogP contribution in [0.4, 0.5) is 19.0 Å². The molecule has 11 heteroatoms. The van der Waals surface area contributed by atoms with Crippen molar-refractivity contribution in [3.63, 3.8) is 0 Å². The highest BCUT2D eigenvalue weighted by Crippen LogP contribution is 2.38. The van der Waals surface area contributed by atoms with Gasteiger partial charge in [0.05, 0.1) is 24.1 Å². The van der Waals surface area contributed by atoms with E-state index in [1.165, 1.54) is 18.5 Å². The van der Waals surface area contributed by atoms with Crippen molar-refractivity contribution in [1.29, 1.82) is 0 Å². The van der Waals surface area contributed by atoms with Crippen molar-refractivity contribution in [3.05, 3.63) is 53.1 Å². The number of imidazole rings is 1. The van der Waals surface area contributed by atoms with Crippen LogP contribution < -0.4 is 5.73 Å². The van der Waals surface area contributed by atoms with Crippen LogP contribution >= 0.6 is 11.3 Å². The standard InChI is InChI=1S/C25H23F3N6OS/c1-15-5-4-9-24(35,11-15)10-8-19-32-21(29)20-22(33-19)34(14-30-20)12-16-13-36-23(31-16)17-6-2-3-7-18(17)25(26,27)28/h2-3,6-7,13-15,35H,4-5,9,11-12H2,1H3,(H2,29,32,33)/t15-,24-/m1/s1. The normalized spacial score (nSPS) is 20.3. The molecule has 3 N–H and O–H groups in total. The molecule has 186 valence electrons. The molecule has 1 saturated carbocycles. The summed E-state index contributed by atoms with van der Waals surface area (Å²) in [5.74, 6) is 6.52. The van der Waals surface area contributed by atoms with Gasteiger partial charge in [0.15, 0.2) is 11.5 Å². The number of nitrogen functional groups attached to an aromatic ring is 1. The topological polar surface area (TPSA) is 103 Å². The first-order chi connectivity index (χ1) is 17.1. The highest BCUT2D eigenvalue weighted by Gasteiger charge is 2.34. The van der Waals surface area contributed by atoms with E-state index in [1.807, 2.05) is 0 Å². The van der Waals surface area contributed by atoms with Crippen LogP contribution in [0.25, 0.3) is 21.7 Å². The Bertz CT molecular complexity index is 1480. The third-order valence-corrected chi connectivity index (χ3v) is 7.14. The van der Waals surface area contributed by atoms with Crippen molar-refractivity contribution in [2.45, 2.75) is 50.9 Å². The van der Waals surface area contributed by atoms with Crippen LogP contribution in [-0.2, 0) is 12.7 Å². The van der Waals surface area contributed by atoms with Gasteiger partial charge in [-0.2, -0.15) is 13.2 Å². The lowest BCUT2D eigenvalue weighted by Crippen LogP contribution is -2.32. The minimum Gasteiger partial charge on any atom is -0.382 e. The lowest BCUT2D eigenvalue weighted by molar-refractivity contribution is -0.137. The van der Waals surface area contributed by atoms with E-state index in [1.54, 1.807) is 16.0 Å². The predicted molar refractivity (Wildman–Crippen MR) is 131 cm³/mol. The van der Waals surface area contributed by atoms with Gasteiger partial charge < -0.3 is 15.4 Å². The Labute approximate surface area is 209 Å². The van der Waals surface area contributed by atoms with Crippen molar-refractivity contribution in [2.24, 2.45) is 5.92 Å². The van der Waals surface area contributed by atoms with Gasteiger partial charge in [0.25, 0.3) is 0 Å². The zero-order valence-corrected chi connectivity index (χ0v) is 20.2. The molecule has 7 nitrogen and oxygen atoms in total. The summed E-state index contributed by atoms with van der Waals surface area (Å²) in [7, 11) is 0. The number of aromatic nitrogens is 5. The molecule has 3 heterocycles. The molecule has 4 aromatic rings. The number of benzene rings is 1. The van der Waals surface area contributed by atoms with E-state index in [0.29, 0.717) is 35.6 Å². The Kier molecular flexibility index (Phi) is 6.18. The zero-order chi connectivity index (χ0) is 25.5. The van der Waals surface area contributed by atoms with Crippen molar-refractivity contribution in [3.8, 4) is 22.4 Å². The van der Waals surface area contributed by atoms with Gasteiger partial charge in [-0.15, -0.1) is 11.3 Å². The van der Waals surface area contributed by atoms with E-state index in [-0.39, 0.29) is 28.8 Å². The maximum absolute atomic E-state index is 13.4. The first-order valence-corrected chi connectivity index (χ1v) is 12.3. The number of nitrogens with zero attached hydrogens (tertiary/aromatic N) is 5. The van der Waals surface area contributed by atoms with Crippen LogP contribution in [0.5, 0.6) is 0 Å². The largest absolute Gasteiger partial charge is 0.417 e. The lowest BCUT2D eigenvalue weighted by atomic mass is 9.79. The molecular weight excluding hydrogens is 489 g/mol. The molecule has 36 heavy (non-hydrogen) atoms. The van der Waals surface area contributed by atoms with Crippen molar-refractivity contribution in [2.75, 3.05) is 5.73 Å². The van der Waals surface area contributed by atoms with Gasteiger partial charge in [-0.3, -0.25) is 0 Å². The number of fused-ring (bicyclic) bond motifs is 1. The zero-order valence-electron chi connectivity index (χ0n) is 19.4. The second kappa shape index (κ2) is 9.19. The van der Waals surface area contributed by atoms with Gasteiger partial charge in [-0.05, 0) is 37.2 Å². The molecule has 0 spiro atoms. The smallest absolute Gasteiger partial charge is 0.382 e. The SMILES string of the molecule is C[C@@H]1CCC[C@@](O)(C#Cc2nc(N)c3ncn(Cc4csc(-c5ccccc5C(F)(F)F)n4)c3n2)C1. The fourth-order valence-corrected chi connectivity index (χ4v) is 5.39. The van der Waals surface area contributed by atoms with Gasteiger partial charge in [-0.1, -0.05) is 37.5 Å². The second-order valence-corrected chi connectivity index (χ2v) is 10.0. The van der Waals surface area contributed by atoms with Gasteiger partial charge in [-0.25, -0.2) is 19.9 Å². The first-order valence-electron chi connectivity index (χ1n) is 11.5. The molecule has 0 amide bonds. The summed E-state index contributed by atoms with van der Waals surface area (Å²) >= 11 is 1.14. The van der Waals surface area contributed by atoms with E-state index >= 15 is 0 Å². The Morgan fingerprint density at radius 3 is 2.83 bits per heavy atom. The average Bonchev–Trinajstić information content (AvgIpc) is 3.45. The second-order valence-electron chi connectivity index (χ2n) is 9.15. The third-order valence-electron chi connectivity index (χ3n) is 6.22. The van der Waals surface area contributed by atoms with Crippen molar-refractivity contribution < 1.29 is 18.3 Å². The summed E-state index contributed by atoms with van der Waals surface area (Å²) in [6, 6.07) is 5.38. The molecule has 0 bridgehead atoms. The lowest BCUT2D eigenvalue weighted by Gasteiger charge is -2.30. The number of anilines is 1. The molecule has 1 aliphatic carbocycles. The minimum atomic E-state index is -4.47. The molecule has 1 aromatic carbocycles. The number of nitrogens with two attached hydrogens (primary N) is 1. The quantitative estimate of drug-likeness (QED) is 0.379. The fraction of sp³-hybridized carbons (Fsp3) is 0.360. The van der Waals surface area contributed by atoms with Crippen LogP contribution in [0.15, 0.2) is 36.0 Å².